The molecule has 0 aliphatic heterocycles. The first-order valence-electron chi connectivity index (χ1n) is 7.20. The van der Waals surface area contributed by atoms with E-state index in [0.717, 1.165) is 6.54 Å². The minimum Gasteiger partial charge on any atom is -0.355 e. The summed E-state index contributed by atoms with van der Waals surface area (Å²) < 4.78 is 0. The van der Waals surface area contributed by atoms with Crippen molar-refractivity contribution in [3.63, 3.8) is 0 Å². The molecule has 4 heteroatoms. The minimum atomic E-state index is -0.0935. The number of rotatable bonds is 5. The smallest absolute Gasteiger partial charge is 0.224 e. The fourth-order valence-corrected chi connectivity index (χ4v) is 3.84. The van der Waals surface area contributed by atoms with E-state index in [1.54, 1.807) is 0 Å². The first-order valence-corrected chi connectivity index (χ1v) is 8.08. The summed E-state index contributed by atoms with van der Waals surface area (Å²) in [7, 11) is 0. The van der Waals surface area contributed by atoms with Crippen LogP contribution in [0.5, 0.6) is 0 Å². The van der Waals surface area contributed by atoms with Crippen molar-refractivity contribution in [3.8, 4) is 0 Å². The van der Waals surface area contributed by atoms with Gasteiger partial charge in [0, 0.05) is 29.3 Å². The summed E-state index contributed by atoms with van der Waals surface area (Å²) in [6.07, 6.45) is 6.22. The number of thiophene rings is 1. The Hall–Kier alpha value is -0.870. The molecule has 1 unspecified atom stereocenters. The Kier molecular flexibility index (Phi) is 4.99. The van der Waals surface area contributed by atoms with Crippen LogP contribution in [0.2, 0.25) is 0 Å². The molecule has 0 aromatic carbocycles. The maximum Gasteiger partial charge on any atom is 0.224 e. The molecule has 2 rings (SSSR count). The summed E-state index contributed by atoms with van der Waals surface area (Å²) in [6, 6.07) is 4.33. The molecule has 0 radical (unpaired) electrons. The van der Waals surface area contributed by atoms with Gasteiger partial charge in [0.15, 0.2) is 0 Å². The number of carbonyl (C=O) groups is 1. The third kappa shape index (κ3) is 3.37. The number of carbonyl (C=O) groups excluding carboxylic acids is 1. The Morgan fingerprint density at radius 1 is 1.47 bits per heavy atom. The second-order valence-corrected chi connectivity index (χ2v) is 6.62. The Morgan fingerprint density at radius 2 is 2.21 bits per heavy atom. The SMILES string of the molecule is CC(CN)C(=O)NCC1(c2cccs2)CCCCC1. The van der Waals surface area contributed by atoms with Crippen molar-refractivity contribution < 1.29 is 4.79 Å². The molecule has 1 aromatic rings. The summed E-state index contributed by atoms with van der Waals surface area (Å²) in [5.41, 5.74) is 5.71. The summed E-state index contributed by atoms with van der Waals surface area (Å²) in [6.45, 7) is 3.06. The Balaban J connectivity index is 2.05. The molecule has 0 bridgehead atoms. The molecule has 1 aromatic heterocycles. The molecule has 1 heterocycles. The molecule has 1 atom stereocenters. The summed E-state index contributed by atoms with van der Waals surface area (Å²) >= 11 is 1.82. The van der Waals surface area contributed by atoms with Gasteiger partial charge in [-0.3, -0.25) is 4.79 Å². The van der Waals surface area contributed by atoms with Crippen LogP contribution >= 0.6 is 11.3 Å². The van der Waals surface area contributed by atoms with Crippen LogP contribution in [0.4, 0.5) is 0 Å². The number of amides is 1. The van der Waals surface area contributed by atoms with E-state index in [0.29, 0.717) is 6.54 Å². The maximum atomic E-state index is 11.9. The van der Waals surface area contributed by atoms with Crippen molar-refractivity contribution in [2.75, 3.05) is 13.1 Å². The second-order valence-electron chi connectivity index (χ2n) is 5.67. The van der Waals surface area contributed by atoms with E-state index in [9.17, 15) is 4.79 Å². The van der Waals surface area contributed by atoms with Gasteiger partial charge in [0.05, 0.1) is 0 Å². The molecule has 1 amide bonds. The normalized spacial score (nSPS) is 19.9. The second kappa shape index (κ2) is 6.53. The zero-order chi connectivity index (χ0) is 13.7. The minimum absolute atomic E-state index is 0.0870. The highest BCUT2D eigenvalue weighted by Crippen LogP contribution is 2.41. The Labute approximate surface area is 119 Å². The standard InChI is InChI=1S/C15H24N2OS/c1-12(10-16)14(18)17-11-15(7-3-2-4-8-15)13-6-5-9-19-13/h5-6,9,12H,2-4,7-8,10-11,16H2,1H3,(H,17,18). The van der Waals surface area contributed by atoms with Crippen LogP contribution in [0.25, 0.3) is 0 Å². The summed E-state index contributed by atoms with van der Waals surface area (Å²) in [5, 5.41) is 5.25. The van der Waals surface area contributed by atoms with Crippen LogP contribution in [-0.2, 0) is 10.2 Å². The van der Waals surface area contributed by atoms with Crippen molar-refractivity contribution in [1.82, 2.24) is 5.32 Å². The Bertz CT molecular complexity index is 396. The van der Waals surface area contributed by atoms with Crippen molar-refractivity contribution in [2.45, 2.75) is 44.4 Å². The van der Waals surface area contributed by atoms with Crippen molar-refractivity contribution in [3.05, 3.63) is 22.4 Å². The average Bonchev–Trinajstić information content (AvgIpc) is 2.99. The van der Waals surface area contributed by atoms with E-state index in [1.165, 1.54) is 37.0 Å². The van der Waals surface area contributed by atoms with Gasteiger partial charge in [-0.05, 0) is 24.3 Å². The predicted molar refractivity (Wildman–Crippen MR) is 80.3 cm³/mol. The fraction of sp³-hybridized carbons (Fsp3) is 0.667. The summed E-state index contributed by atoms with van der Waals surface area (Å²) in [4.78, 5) is 13.4. The van der Waals surface area contributed by atoms with E-state index < -0.39 is 0 Å². The molecule has 0 saturated heterocycles. The van der Waals surface area contributed by atoms with Gasteiger partial charge in [-0.25, -0.2) is 0 Å². The zero-order valence-corrected chi connectivity index (χ0v) is 12.5. The number of nitrogens with two attached hydrogens (primary N) is 1. The predicted octanol–water partition coefficient (Wildman–Crippen LogP) is 2.66. The van der Waals surface area contributed by atoms with Gasteiger partial charge >= 0.3 is 0 Å². The molecule has 3 nitrogen and oxygen atoms in total. The lowest BCUT2D eigenvalue weighted by molar-refractivity contribution is -0.124. The number of nitrogens with one attached hydrogen (secondary N) is 1. The first kappa shape index (κ1) is 14.5. The lowest BCUT2D eigenvalue weighted by Gasteiger charge is -2.37. The van der Waals surface area contributed by atoms with Crippen LogP contribution in [-0.4, -0.2) is 19.0 Å². The molecule has 19 heavy (non-hydrogen) atoms. The van der Waals surface area contributed by atoms with Gasteiger partial charge in [0.2, 0.25) is 5.91 Å². The molecule has 1 saturated carbocycles. The van der Waals surface area contributed by atoms with Gasteiger partial charge < -0.3 is 11.1 Å². The maximum absolute atomic E-state index is 11.9. The molecule has 0 spiro atoms. The largest absolute Gasteiger partial charge is 0.355 e. The Morgan fingerprint density at radius 3 is 2.79 bits per heavy atom. The van der Waals surface area contributed by atoms with Crippen LogP contribution in [0.3, 0.4) is 0 Å². The van der Waals surface area contributed by atoms with Crippen molar-refractivity contribution >= 4 is 17.2 Å². The first-order chi connectivity index (χ1) is 9.18. The molecular weight excluding hydrogens is 256 g/mol. The van der Waals surface area contributed by atoms with Crippen molar-refractivity contribution in [2.24, 2.45) is 11.7 Å². The van der Waals surface area contributed by atoms with Gasteiger partial charge in [-0.1, -0.05) is 32.3 Å². The molecule has 106 valence electrons. The highest BCUT2D eigenvalue weighted by molar-refractivity contribution is 7.10. The topological polar surface area (TPSA) is 55.1 Å². The van der Waals surface area contributed by atoms with Crippen LogP contribution in [0, 0.1) is 5.92 Å². The zero-order valence-electron chi connectivity index (χ0n) is 11.7. The third-order valence-corrected chi connectivity index (χ3v) is 5.37. The number of hydrogen-bond donors (Lipinski definition) is 2. The van der Waals surface area contributed by atoms with E-state index in [-0.39, 0.29) is 17.2 Å². The van der Waals surface area contributed by atoms with E-state index in [1.807, 2.05) is 18.3 Å². The lowest BCUT2D eigenvalue weighted by Crippen LogP contribution is -2.44. The van der Waals surface area contributed by atoms with E-state index in [4.69, 9.17) is 5.73 Å². The highest BCUT2D eigenvalue weighted by atomic mass is 32.1. The third-order valence-electron chi connectivity index (χ3n) is 4.26. The molecule has 1 aliphatic carbocycles. The van der Waals surface area contributed by atoms with Crippen molar-refractivity contribution in [1.29, 1.82) is 0 Å². The van der Waals surface area contributed by atoms with E-state index in [2.05, 4.69) is 22.8 Å². The van der Waals surface area contributed by atoms with Crippen LogP contribution in [0.1, 0.15) is 43.9 Å². The number of hydrogen-bond acceptors (Lipinski definition) is 3. The average molecular weight is 280 g/mol. The fourth-order valence-electron chi connectivity index (χ4n) is 2.86. The molecular formula is C15H24N2OS. The van der Waals surface area contributed by atoms with Gasteiger partial charge in [-0.2, -0.15) is 0 Å². The molecule has 1 aliphatic rings. The molecule has 3 N–H and O–H groups in total. The van der Waals surface area contributed by atoms with Gasteiger partial charge in [-0.15, -0.1) is 11.3 Å². The highest BCUT2D eigenvalue weighted by Gasteiger charge is 2.35. The van der Waals surface area contributed by atoms with Gasteiger partial charge in [0.1, 0.15) is 0 Å². The molecule has 1 fully saturated rings. The lowest BCUT2D eigenvalue weighted by atomic mass is 9.73. The monoisotopic (exact) mass is 280 g/mol. The van der Waals surface area contributed by atoms with Gasteiger partial charge in [0.25, 0.3) is 0 Å². The quantitative estimate of drug-likeness (QED) is 0.871. The van der Waals surface area contributed by atoms with E-state index >= 15 is 0 Å². The van der Waals surface area contributed by atoms with Crippen LogP contribution in [0.15, 0.2) is 17.5 Å². The summed E-state index contributed by atoms with van der Waals surface area (Å²) in [5.74, 6) is -0.00650. The van der Waals surface area contributed by atoms with Crippen LogP contribution < -0.4 is 11.1 Å².